The summed E-state index contributed by atoms with van der Waals surface area (Å²) in [5.74, 6) is 4.24. The number of aryl methyl sites for hydroxylation is 2. The van der Waals surface area contributed by atoms with Gasteiger partial charge in [-0.05, 0) is 90.8 Å². The minimum absolute atomic E-state index is 0. The van der Waals surface area contributed by atoms with Crippen molar-refractivity contribution >= 4 is 54.8 Å². The van der Waals surface area contributed by atoms with E-state index < -0.39 is 33.3 Å². The minimum atomic E-state index is -2.34. The molecule has 0 saturated carbocycles. The summed E-state index contributed by atoms with van der Waals surface area (Å²) in [6, 6.07) is 18.5. The molecule has 0 amide bonds. The Morgan fingerprint density at radius 3 is 0.761 bits per heavy atom. The average molecular weight is 1110 g/mol. The molecule has 0 aliphatic heterocycles. The van der Waals surface area contributed by atoms with Crippen molar-refractivity contribution in [1.82, 2.24) is 0 Å². The van der Waals surface area contributed by atoms with Gasteiger partial charge in [0, 0.05) is 11.5 Å². The molecule has 0 aromatic heterocycles. The Balaban J connectivity index is 0.00000748. The predicted molar refractivity (Wildman–Crippen MR) is 293 cm³/mol. The van der Waals surface area contributed by atoms with Crippen LogP contribution in [0.5, 0.6) is 23.0 Å². The van der Waals surface area contributed by atoms with E-state index in [2.05, 4.69) is 215 Å². The zero-order chi connectivity index (χ0) is 48.6. The van der Waals surface area contributed by atoms with E-state index >= 15 is 0 Å². The molecule has 11 heteroatoms. The summed E-state index contributed by atoms with van der Waals surface area (Å²) < 4.78 is 30.8. The second-order valence-corrected chi connectivity index (χ2v) is 45.1. The molecule has 0 radical (unpaired) electrons. The fraction of sp³-hybridized carbons (Fsp3) is 0.679. The van der Waals surface area contributed by atoms with Gasteiger partial charge in [0.05, 0.1) is 0 Å². The second-order valence-electron chi connectivity index (χ2n) is 23.6. The van der Waals surface area contributed by atoms with Gasteiger partial charge in [-0.3, -0.25) is 0 Å². The molecule has 0 aliphatic carbocycles. The molecule has 0 N–H and O–H groups in total. The van der Waals surface area contributed by atoms with Gasteiger partial charge in [-0.2, -0.15) is 0 Å². The van der Waals surface area contributed by atoms with E-state index in [4.69, 9.17) is 17.7 Å². The summed E-state index contributed by atoms with van der Waals surface area (Å²) in [5, 5.41) is 4.81. The van der Waals surface area contributed by atoms with E-state index in [9.17, 15) is 0 Å². The molecule has 378 valence electrons. The van der Waals surface area contributed by atoms with Gasteiger partial charge in [0.15, 0.2) is 0 Å². The van der Waals surface area contributed by atoms with E-state index in [0.29, 0.717) is 66.5 Å². The number of fused-ring (bicyclic) bond motifs is 2. The van der Waals surface area contributed by atoms with Crippen molar-refractivity contribution in [1.29, 1.82) is 0 Å². The summed E-state index contributed by atoms with van der Waals surface area (Å²) in [4.78, 5) is 0. The van der Waals surface area contributed by atoms with Crippen molar-refractivity contribution in [3.8, 4) is 23.0 Å². The molecule has 0 spiro atoms. The maximum absolute atomic E-state index is 7.85. The SMILES string of the molecule is CC(C)[Si](Oc1c(CCc2[cH-]c3c(O[Si](C(C)C)(C(C)C)C(C)C)cccc3c2O[Si](C(C)C)(C(C)C)C(C)C)[cH-]c2c(O[Si](C(C)C)(C(C)C)C(C)C)cccc12)(C(C)C)C(C)C.[Cl-].[Cl-].[Zr+4]. The molecular weight excluding hydrogens is 1010 g/mol. The van der Waals surface area contributed by atoms with Gasteiger partial charge in [-0.1, -0.05) is 212 Å². The van der Waals surface area contributed by atoms with E-state index in [-0.39, 0.29) is 51.0 Å². The smallest absolute Gasteiger partial charge is 1.00 e. The zero-order valence-electron chi connectivity index (χ0n) is 46.9. The van der Waals surface area contributed by atoms with Gasteiger partial charge in [0.2, 0.25) is 33.3 Å². The predicted octanol–water partition coefficient (Wildman–Crippen LogP) is 13.4. The third kappa shape index (κ3) is 11.9. The average Bonchev–Trinajstić information content (AvgIpc) is 3.71. The third-order valence-electron chi connectivity index (χ3n) is 16.5. The quantitative estimate of drug-likeness (QED) is 0.0548. The summed E-state index contributed by atoms with van der Waals surface area (Å²) in [7, 11) is -9.15. The Bertz CT molecular complexity index is 1890. The van der Waals surface area contributed by atoms with Crippen LogP contribution >= 0.6 is 0 Å². The van der Waals surface area contributed by atoms with Crippen LogP contribution in [0.1, 0.15) is 177 Å². The van der Waals surface area contributed by atoms with Crippen LogP contribution in [0.2, 0.25) is 66.5 Å². The molecule has 0 atom stereocenters. The van der Waals surface area contributed by atoms with E-state index in [1.54, 1.807) is 0 Å². The van der Waals surface area contributed by atoms with Crippen molar-refractivity contribution in [2.45, 2.75) is 246 Å². The van der Waals surface area contributed by atoms with Crippen molar-refractivity contribution < 1.29 is 68.7 Å². The Labute approximate surface area is 448 Å². The van der Waals surface area contributed by atoms with Gasteiger partial charge in [-0.15, -0.1) is 35.0 Å². The second kappa shape index (κ2) is 25.2. The Morgan fingerprint density at radius 2 is 0.552 bits per heavy atom. The maximum Gasteiger partial charge on any atom is 4.00 e. The first-order chi connectivity index (χ1) is 29.6. The van der Waals surface area contributed by atoms with Crippen LogP contribution in [0.15, 0.2) is 48.5 Å². The van der Waals surface area contributed by atoms with Crippen molar-refractivity contribution in [3.63, 3.8) is 0 Å². The number of hydrogen-bond donors (Lipinski definition) is 0. The summed E-state index contributed by atoms with van der Waals surface area (Å²) in [5.41, 5.74) is 8.12. The number of hydrogen-bond acceptors (Lipinski definition) is 4. The molecule has 0 saturated heterocycles. The molecule has 0 aliphatic rings. The molecule has 0 bridgehead atoms. The molecule has 4 rings (SSSR count). The van der Waals surface area contributed by atoms with E-state index in [0.717, 1.165) is 35.8 Å². The molecule has 4 nitrogen and oxygen atoms in total. The number of benzene rings is 2. The first-order valence-electron chi connectivity index (χ1n) is 25.8. The molecule has 4 aromatic carbocycles. The van der Waals surface area contributed by atoms with Gasteiger partial charge < -0.3 is 42.5 Å². The van der Waals surface area contributed by atoms with Crippen LogP contribution in [0.4, 0.5) is 0 Å². The van der Waals surface area contributed by atoms with Crippen LogP contribution in [0, 0.1) is 0 Å². The molecule has 0 heterocycles. The fourth-order valence-electron chi connectivity index (χ4n) is 13.8. The minimum Gasteiger partial charge on any atom is -1.00 e. The first kappa shape index (κ1) is 64.2. The zero-order valence-corrected chi connectivity index (χ0v) is 54.8. The normalized spacial score (nSPS) is 13.3. The standard InChI is InChI=1S/C56H96O4Si4.2ClH.Zr/c1-35(2)61(36(3)4,37(5)6)57-53-29-25-27-49-51(53)33-47(55(49)59-63(41(13)14,42(15)16)43(17)18)31-32-48-34-52-50(56(48)60-64(44(19)20,45(21)22)46(23)24)28-26-30-54(52)58-62(38(7)8,39(9)10)40(11)12;;;/h25-30,33-46H,31-32H2,1-24H3;2*1H;/q-2;;;+4/p-2. The van der Waals surface area contributed by atoms with Crippen LogP contribution in [0.3, 0.4) is 0 Å². The van der Waals surface area contributed by atoms with Gasteiger partial charge >= 0.3 is 26.2 Å². The monoisotopic (exact) mass is 1100 g/mol. The largest absolute Gasteiger partial charge is 4.00 e. The van der Waals surface area contributed by atoms with E-state index in [1.165, 1.54) is 32.7 Å². The molecule has 67 heavy (non-hydrogen) atoms. The van der Waals surface area contributed by atoms with Crippen molar-refractivity contribution in [3.05, 3.63) is 59.7 Å². The molecular formula is C56H96Cl2O4Si4Zr. The summed E-state index contributed by atoms with van der Waals surface area (Å²) >= 11 is 0. The number of rotatable bonds is 23. The molecule has 0 fully saturated rings. The van der Waals surface area contributed by atoms with Crippen LogP contribution in [0.25, 0.3) is 21.5 Å². The molecule has 0 unspecified atom stereocenters. The fourth-order valence-corrected chi connectivity index (χ4v) is 35.0. The van der Waals surface area contributed by atoms with Crippen LogP contribution in [-0.4, -0.2) is 33.3 Å². The van der Waals surface area contributed by atoms with E-state index in [1.807, 2.05) is 0 Å². The van der Waals surface area contributed by atoms with Crippen molar-refractivity contribution in [2.75, 3.05) is 0 Å². The van der Waals surface area contributed by atoms with Crippen LogP contribution < -0.4 is 42.5 Å². The Hall–Kier alpha value is -0.809. The first-order valence-corrected chi connectivity index (χ1v) is 34.4. The maximum atomic E-state index is 7.85. The van der Waals surface area contributed by atoms with Gasteiger partial charge in [-0.25, -0.2) is 0 Å². The third-order valence-corrected chi connectivity index (χ3v) is 40.4. The topological polar surface area (TPSA) is 36.9 Å². The molecule has 4 aromatic rings. The summed E-state index contributed by atoms with van der Waals surface area (Å²) in [6.45, 7) is 57.5. The number of halogens is 2. The van der Waals surface area contributed by atoms with Gasteiger partial charge in [0.1, 0.15) is 0 Å². The van der Waals surface area contributed by atoms with Gasteiger partial charge in [0.25, 0.3) is 0 Å². The Kier molecular flexibility index (Phi) is 24.2. The Morgan fingerprint density at radius 1 is 0.343 bits per heavy atom. The van der Waals surface area contributed by atoms with Crippen LogP contribution in [-0.2, 0) is 39.0 Å². The summed E-state index contributed by atoms with van der Waals surface area (Å²) in [6.07, 6.45) is 1.68. The van der Waals surface area contributed by atoms with Crippen molar-refractivity contribution in [2.24, 2.45) is 0 Å².